The second kappa shape index (κ2) is 8.49. The third kappa shape index (κ3) is 4.00. The maximum Gasteiger partial charge on any atom is 0.159 e. The SMILES string of the molecule is CCC.COc1cccc(-c2nccn2Cc2nc3cccnc3n2C)c1. The quantitative estimate of drug-likeness (QED) is 0.542. The molecule has 0 aliphatic heterocycles. The van der Waals surface area contributed by atoms with Gasteiger partial charge in [-0.15, -0.1) is 0 Å². The molecular formula is C21H25N5O. The number of rotatable bonds is 4. The van der Waals surface area contributed by atoms with Crippen LogP contribution in [0.15, 0.2) is 55.0 Å². The number of aromatic nitrogens is 5. The Balaban J connectivity index is 0.000000659. The first-order chi connectivity index (χ1) is 13.2. The second-order valence-corrected chi connectivity index (χ2v) is 6.25. The summed E-state index contributed by atoms with van der Waals surface area (Å²) in [5, 5.41) is 0. The first-order valence-corrected chi connectivity index (χ1v) is 9.09. The van der Waals surface area contributed by atoms with E-state index >= 15 is 0 Å². The lowest BCUT2D eigenvalue weighted by Crippen LogP contribution is -2.07. The fraction of sp³-hybridized carbons (Fsp3) is 0.286. The van der Waals surface area contributed by atoms with Crippen molar-refractivity contribution in [2.45, 2.75) is 26.8 Å². The van der Waals surface area contributed by atoms with Crippen LogP contribution in [0.1, 0.15) is 26.1 Å². The van der Waals surface area contributed by atoms with Crippen molar-refractivity contribution in [2.75, 3.05) is 7.11 Å². The van der Waals surface area contributed by atoms with E-state index in [1.54, 1.807) is 19.5 Å². The number of benzene rings is 1. The highest BCUT2D eigenvalue weighted by Gasteiger charge is 2.12. The van der Waals surface area contributed by atoms with E-state index in [4.69, 9.17) is 4.74 Å². The summed E-state index contributed by atoms with van der Waals surface area (Å²) in [6.07, 6.45) is 6.80. The van der Waals surface area contributed by atoms with Crippen LogP contribution in [0.2, 0.25) is 0 Å². The average Bonchev–Trinajstić information content (AvgIpc) is 3.28. The van der Waals surface area contributed by atoms with Gasteiger partial charge in [0.15, 0.2) is 5.65 Å². The van der Waals surface area contributed by atoms with Crippen LogP contribution in [-0.2, 0) is 13.6 Å². The average molecular weight is 363 g/mol. The number of aryl methyl sites for hydroxylation is 1. The Bertz CT molecular complexity index is 1020. The van der Waals surface area contributed by atoms with E-state index in [2.05, 4.69) is 33.4 Å². The minimum atomic E-state index is 0.624. The standard InChI is InChI=1S/C18H17N5O.C3H8/c1-22-16(21-15-7-4-8-19-18(15)22)12-23-10-9-20-17(23)13-5-3-6-14(11-13)24-2;1-3-2/h3-11H,12H2,1-2H3;3H2,1-2H3. The number of nitrogens with zero attached hydrogens (tertiary/aromatic N) is 5. The van der Waals surface area contributed by atoms with Gasteiger partial charge in [-0.25, -0.2) is 15.0 Å². The molecule has 3 aromatic heterocycles. The molecule has 0 aliphatic carbocycles. The lowest BCUT2D eigenvalue weighted by molar-refractivity contribution is 0.415. The first kappa shape index (κ1) is 18.6. The summed E-state index contributed by atoms with van der Waals surface area (Å²) in [4.78, 5) is 13.6. The predicted molar refractivity (Wildman–Crippen MR) is 108 cm³/mol. The molecule has 0 spiro atoms. The van der Waals surface area contributed by atoms with Crippen LogP contribution in [0.25, 0.3) is 22.6 Å². The van der Waals surface area contributed by atoms with Gasteiger partial charge in [0.05, 0.1) is 13.7 Å². The van der Waals surface area contributed by atoms with Crippen molar-refractivity contribution in [3.8, 4) is 17.1 Å². The van der Waals surface area contributed by atoms with Gasteiger partial charge in [-0.05, 0) is 24.3 Å². The van der Waals surface area contributed by atoms with E-state index in [0.717, 1.165) is 34.1 Å². The predicted octanol–water partition coefficient (Wildman–Crippen LogP) is 4.31. The fourth-order valence-corrected chi connectivity index (χ4v) is 2.82. The molecule has 0 atom stereocenters. The van der Waals surface area contributed by atoms with Gasteiger partial charge in [-0.1, -0.05) is 32.4 Å². The highest BCUT2D eigenvalue weighted by atomic mass is 16.5. The third-order valence-electron chi connectivity index (χ3n) is 4.08. The van der Waals surface area contributed by atoms with Gasteiger partial charge >= 0.3 is 0 Å². The van der Waals surface area contributed by atoms with E-state index in [9.17, 15) is 0 Å². The largest absolute Gasteiger partial charge is 0.497 e. The first-order valence-electron chi connectivity index (χ1n) is 9.09. The summed E-state index contributed by atoms with van der Waals surface area (Å²) < 4.78 is 9.41. The molecule has 0 amide bonds. The zero-order valence-electron chi connectivity index (χ0n) is 16.3. The molecule has 4 aromatic rings. The van der Waals surface area contributed by atoms with Gasteiger partial charge in [-0.2, -0.15) is 0 Å². The summed E-state index contributed by atoms with van der Waals surface area (Å²) >= 11 is 0. The number of ether oxygens (including phenoxy) is 1. The second-order valence-electron chi connectivity index (χ2n) is 6.25. The van der Waals surface area contributed by atoms with Crippen molar-refractivity contribution in [2.24, 2.45) is 7.05 Å². The zero-order valence-corrected chi connectivity index (χ0v) is 16.3. The highest BCUT2D eigenvalue weighted by Crippen LogP contribution is 2.23. The van der Waals surface area contributed by atoms with E-state index in [1.165, 1.54) is 6.42 Å². The summed E-state index contributed by atoms with van der Waals surface area (Å²) in [5.74, 6) is 2.63. The third-order valence-corrected chi connectivity index (χ3v) is 4.08. The van der Waals surface area contributed by atoms with Crippen molar-refractivity contribution < 1.29 is 4.74 Å². The molecule has 6 heteroatoms. The van der Waals surface area contributed by atoms with Crippen LogP contribution >= 0.6 is 0 Å². The van der Waals surface area contributed by atoms with Crippen LogP contribution in [0.4, 0.5) is 0 Å². The monoisotopic (exact) mass is 363 g/mol. The molecular weight excluding hydrogens is 338 g/mol. The Hall–Kier alpha value is -3.15. The Kier molecular flexibility index (Phi) is 5.86. The number of imidazole rings is 2. The van der Waals surface area contributed by atoms with Crippen LogP contribution in [0.3, 0.4) is 0 Å². The topological polar surface area (TPSA) is 57.8 Å². The van der Waals surface area contributed by atoms with E-state index < -0.39 is 0 Å². The minimum Gasteiger partial charge on any atom is -0.497 e. The summed E-state index contributed by atoms with van der Waals surface area (Å²) in [7, 11) is 3.65. The summed E-state index contributed by atoms with van der Waals surface area (Å²) in [6.45, 7) is 4.87. The van der Waals surface area contributed by atoms with Gasteiger partial charge in [0.25, 0.3) is 0 Å². The van der Waals surface area contributed by atoms with E-state index in [0.29, 0.717) is 6.54 Å². The van der Waals surface area contributed by atoms with Crippen LogP contribution < -0.4 is 4.74 Å². The van der Waals surface area contributed by atoms with Gasteiger partial charge in [-0.3, -0.25) is 0 Å². The number of pyridine rings is 1. The minimum absolute atomic E-state index is 0.624. The molecule has 0 fully saturated rings. The highest BCUT2D eigenvalue weighted by molar-refractivity contribution is 5.71. The van der Waals surface area contributed by atoms with Crippen molar-refractivity contribution in [1.82, 2.24) is 24.1 Å². The van der Waals surface area contributed by atoms with Gasteiger partial charge < -0.3 is 13.9 Å². The van der Waals surface area contributed by atoms with Crippen molar-refractivity contribution in [3.05, 3.63) is 60.8 Å². The molecule has 0 saturated carbocycles. The van der Waals surface area contributed by atoms with Crippen LogP contribution in [0, 0.1) is 0 Å². The smallest absolute Gasteiger partial charge is 0.159 e. The lowest BCUT2D eigenvalue weighted by atomic mass is 10.2. The number of hydrogen-bond donors (Lipinski definition) is 0. The molecule has 27 heavy (non-hydrogen) atoms. The van der Waals surface area contributed by atoms with Gasteiger partial charge in [0.1, 0.15) is 22.9 Å². The normalized spacial score (nSPS) is 10.5. The molecule has 0 bridgehead atoms. The van der Waals surface area contributed by atoms with Gasteiger partial charge in [0, 0.05) is 31.2 Å². The number of hydrogen-bond acceptors (Lipinski definition) is 4. The molecule has 0 N–H and O–H groups in total. The van der Waals surface area contributed by atoms with Crippen LogP contribution in [-0.4, -0.2) is 31.2 Å². The fourth-order valence-electron chi connectivity index (χ4n) is 2.82. The Labute approximate surface area is 159 Å². The number of fused-ring (bicyclic) bond motifs is 1. The Morgan fingerprint density at radius 3 is 2.59 bits per heavy atom. The molecule has 0 saturated heterocycles. The number of methoxy groups -OCH3 is 1. The van der Waals surface area contributed by atoms with Crippen molar-refractivity contribution in [1.29, 1.82) is 0 Å². The maximum atomic E-state index is 5.31. The van der Waals surface area contributed by atoms with Crippen molar-refractivity contribution >= 4 is 11.2 Å². The molecule has 140 valence electrons. The molecule has 0 unspecified atom stereocenters. The molecule has 4 rings (SSSR count). The molecule has 0 aliphatic rings. The Morgan fingerprint density at radius 2 is 1.85 bits per heavy atom. The molecule has 0 radical (unpaired) electrons. The summed E-state index contributed by atoms with van der Waals surface area (Å²) in [5.41, 5.74) is 2.80. The summed E-state index contributed by atoms with van der Waals surface area (Å²) in [6, 6.07) is 11.8. The molecule has 6 nitrogen and oxygen atoms in total. The molecule has 1 aromatic carbocycles. The van der Waals surface area contributed by atoms with E-state index in [1.807, 2.05) is 54.2 Å². The Morgan fingerprint density at radius 1 is 1.04 bits per heavy atom. The maximum absolute atomic E-state index is 5.31. The van der Waals surface area contributed by atoms with Crippen LogP contribution in [0.5, 0.6) is 5.75 Å². The zero-order chi connectivity index (χ0) is 19.2. The van der Waals surface area contributed by atoms with E-state index in [-0.39, 0.29) is 0 Å². The lowest BCUT2D eigenvalue weighted by Gasteiger charge is -2.09. The van der Waals surface area contributed by atoms with Gasteiger partial charge in [0.2, 0.25) is 0 Å². The molecule has 3 heterocycles. The van der Waals surface area contributed by atoms with Crippen molar-refractivity contribution in [3.63, 3.8) is 0 Å².